The summed E-state index contributed by atoms with van der Waals surface area (Å²) in [5.41, 5.74) is 1.38. The zero-order valence-corrected chi connectivity index (χ0v) is 20.7. The first-order valence-electron chi connectivity index (χ1n) is 12.1. The van der Waals surface area contributed by atoms with Gasteiger partial charge < -0.3 is 29.9 Å². The maximum Gasteiger partial charge on any atom is 0.317 e. The van der Waals surface area contributed by atoms with E-state index in [-0.39, 0.29) is 42.7 Å². The van der Waals surface area contributed by atoms with Gasteiger partial charge in [-0.15, -0.1) is 0 Å². The molecular formula is C25H40N4O4. The molecule has 1 saturated carbocycles. The normalized spacial score (nSPS) is 22.5. The van der Waals surface area contributed by atoms with Crippen molar-refractivity contribution in [1.29, 1.82) is 0 Å². The molecular weight excluding hydrogens is 420 g/mol. The first-order chi connectivity index (χ1) is 15.7. The van der Waals surface area contributed by atoms with Crippen LogP contribution >= 0.6 is 0 Å². The Balaban J connectivity index is 1.82. The summed E-state index contributed by atoms with van der Waals surface area (Å²) in [7, 11) is 5.64. The Hall–Kier alpha value is -2.48. The number of hydrogen-bond acceptors (Lipinski definition) is 5. The van der Waals surface area contributed by atoms with Crippen molar-refractivity contribution < 1.29 is 19.4 Å². The zero-order valence-electron chi connectivity index (χ0n) is 20.7. The van der Waals surface area contributed by atoms with E-state index in [0.29, 0.717) is 24.4 Å². The fourth-order valence-electron chi connectivity index (χ4n) is 4.59. The van der Waals surface area contributed by atoms with Gasteiger partial charge in [0.1, 0.15) is 11.9 Å². The van der Waals surface area contributed by atoms with Crippen LogP contribution in [0.15, 0.2) is 18.2 Å². The molecule has 0 saturated heterocycles. The van der Waals surface area contributed by atoms with Crippen LogP contribution in [-0.2, 0) is 0 Å². The van der Waals surface area contributed by atoms with Crippen LogP contribution in [0.4, 0.5) is 10.5 Å². The highest BCUT2D eigenvalue weighted by atomic mass is 16.5. The number of carbonyl (C=O) groups excluding carboxylic acids is 2. The molecule has 184 valence electrons. The lowest BCUT2D eigenvalue weighted by molar-refractivity contribution is 0.0366. The molecule has 1 heterocycles. The molecule has 2 N–H and O–H groups in total. The molecule has 33 heavy (non-hydrogen) atoms. The van der Waals surface area contributed by atoms with Gasteiger partial charge in [-0.25, -0.2) is 4.79 Å². The van der Waals surface area contributed by atoms with Crippen molar-refractivity contribution in [3.05, 3.63) is 23.8 Å². The van der Waals surface area contributed by atoms with E-state index in [0.717, 1.165) is 31.4 Å². The number of nitrogens with one attached hydrogen (secondary N) is 1. The molecule has 1 aromatic rings. The molecule has 1 aromatic carbocycles. The predicted molar refractivity (Wildman–Crippen MR) is 130 cm³/mol. The smallest absolute Gasteiger partial charge is 0.317 e. The van der Waals surface area contributed by atoms with E-state index in [1.807, 2.05) is 51.0 Å². The number of ether oxygens (including phenoxy) is 1. The van der Waals surface area contributed by atoms with Crippen LogP contribution in [0.5, 0.6) is 5.75 Å². The Morgan fingerprint density at radius 2 is 1.94 bits per heavy atom. The van der Waals surface area contributed by atoms with Crippen LogP contribution in [0.1, 0.15) is 56.3 Å². The number of amides is 3. The van der Waals surface area contributed by atoms with Gasteiger partial charge in [0.25, 0.3) is 5.91 Å². The summed E-state index contributed by atoms with van der Waals surface area (Å²) in [6.07, 6.45) is 5.34. The number of benzene rings is 1. The summed E-state index contributed by atoms with van der Waals surface area (Å²) in [6, 6.07) is 5.43. The molecule has 3 amide bonds. The second kappa shape index (κ2) is 11.1. The van der Waals surface area contributed by atoms with Gasteiger partial charge in [-0.05, 0) is 38.0 Å². The van der Waals surface area contributed by atoms with Gasteiger partial charge in [0.05, 0.1) is 24.8 Å². The first-order valence-corrected chi connectivity index (χ1v) is 12.1. The molecule has 1 aliphatic carbocycles. The predicted octanol–water partition coefficient (Wildman–Crippen LogP) is 2.95. The molecule has 2 aliphatic rings. The summed E-state index contributed by atoms with van der Waals surface area (Å²) >= 11 is 0. The van der Waals surface area contributed by atoms with Gasteiger partial charge in [-0.3, -0.25) is 4.79 Å². The second-order valence-corrected chi connectivity index (χ2v) is 9.86. The van der Waals surface area contributed by atoms with E-state index >= 15 is 0 Å². The number of urea groups is 1. The number of fused-ring (bicyclic) bond motifs is 1. The lowest BCUT2D eigenvalue weighted by atomic mass is 9.96. The van der Waals surface area contributed by atoms with E-state index in [1.54, 1.807) is 16.8 Å². The third-order valence-electron chi connectivity index (χ3n) is 6.90. The van der Waals surface area contributed by atoms with Gasteiger partial charge in [0, 0.05) is 45.3 Å². The quantitative estimate of drug-likeness (QED) is 0.682. The van der Waals surface area contributed by atoms with E-state index < -0.39 is 0 Å². The van der Waals surface area contributed by atoms with Crippen molar-refractivity contribution in [3.63, 3.8) is 0 Å². The van der Waals surface area contributed by atoms with Gasteiger partial charge in [0.2, 0.25) is 0 Å². The number of aliphatic hydroxyl groups excluding tert-OH is 1. The molecule has 3 atom stereocenters. The van der Waals surface area contributed by atoms with Gasteiger partial charge in [0.15, 0.2) is 0 Å². The molecule has 0 radical (unpaired) electrons. The van der Waals surface area contributed by atoms with E-state index in [2.05, 4.69) is 5.32 Å². The largest absolute Gasteiger partial charge is 0.487 e. The van der Waals surface area contributed by atoms with Crippen LogP contribution in [0.25, 0.3) is 0 Å². The Kier molecular flexibility index (Phi) is 8.46. The van der Waals surface area contributed by atoms with Crippen molar-refractivity contribution in [2.24, 2.45) is 5.92 Å². The minimum absolute atomic E-state index is 0.0328. The Morgan fingerprint density at radius 3 is 2.58 bits per heavy atom. The standard InChI is InChI=1S/C25H40N4O4/c1-17-14-29(18(2)16-30)24(31)21-13-20(27(3)4)11-12-22(21)33-23(17)15-28(5)25(32)26-19-9-7-6-8-10-19/h11-13,17-19,23,30H,6-10,14-16H2,1-5H3,(H,26,32)/t17-,18+,23+/m0/s1. The van der Waals surface area contributed by atoms with Crippen molar-refractivity contribution in [1.82, 2.24) is 15.1 Å². The summed E-state index contributed by atoms with van der Waals surface area (Å²) < 4.78 is 6.38. The summed E-state index contributed by atoms with van der Waals surface area (Å²) in [5.74, 6) is 0.330. The number of nitrogens with zero attached hydrogens (tertiary/aromatic N) is 3. The first kappa shape index (κ1) is 25.1. The molecule has 1 aliphatic heterocycles. The van der Waals surface area contributed by atoms with Gasteiger partial charge >= 0.3 is 6.03 Å². The number of aliphatic hydroxyl groups is 1. The molecule has 3 rings (SSSR count). The maximum atomic E-state index is 13.4. The van der Waals surface area contributed by atoms with E-state index in [1.165, 1.54) is 6.42 Å². The van der Waals surface area contributed by atoms with Crippen LogP contribution in [0.3, 0.4) is 0 Å². The lowest BCUT2D eigenvalue weighted by Crippen LogP contribution is -2.52. The van der Waals surface area contributed by atoms with E-state index in [9.17, 15) is 14.7 Å². The molecule has 0 spiro atoms. The third-order valence-corrected chi connectivity index (χ3v) is 6.90. The highest BCUT2D eigenvalue weighted by molar-refractivity contribution is 5.98. The molecule has 0 bridgehead atoms. The van der Waals surface area contributed by atoms with Crippen LogP contribution in [0.2, 0.25) is 0 Å². The summed E-state index contributed by atoms with van der Waals surface area (Å²) in [5, 5.41) is 13.0. The molecule has 8 heteroatoms. The SMILES string of the molecule is C[C@H](CO)N1C[C@H](C)[C@@H](CN(C)C(=O)NC2CCCCC2)Oc2ccc(N(C)C)cc2C1=O. The van der Waals surface area contributed by atoms with Crippen molar-refractivity contribution in [2.45, 2.75) is 64.1 Å². The zero-order chi connectivity index (χ0) is 24.1. The summed E-state index contributed by atoms with van der Waals surface area (Å²) in [6.45, 7) is 4.61. The Bertz CT molecular complexity index is 825. The van der Waals surface area contributed by atoms with Gasteiger partial charge in [-0.2, -0.15) is 0 Å². The van der Waals surface area contributed by atoms with Crippen LogP contribution < -0.4 is 15.0 Å². The fourth-order valence-corrected chi connectivity index (χ4v) is 4.59. The average molecular weight is 461 g/mol. The highest BCUT2D eigenvalue weighted by Gasteiger charge is 2.34. The van der Waals surface area contributed by atoms with E-state index in [4.69, 9.17) is 4.74 Å². The Morgan fingerprint density at radius 1 is 1.24 bits per heavy atom. The summed E-state index contributed by atoms with van der Waals surface area (Å²) in [4.78, 5) is 31.6. The average Bonchev–Trinajstić information content (AvgIpc) is 2.80. The third kappa shape index (κ3) is 6.10. The number of likely N-dealkylation sites (N-methyl/N-ethyl adjacent to an activating group) is 1. The van der Waals surface area contributed by atoms with Crippen molar-refractivity contribution >= 4 is 17.6 Å². The second-order valence-electron chi connectivity index (χ2n) is 9.86. The number of rotatable bonds is 6. The molecule has 0 aromatic heterocycles. The highest BCUT2D eigenvalue weighted by Crippen LogP contribution is 2.31. The number of anilines is 1. The maximum absolute atomic E-state index is 13.4. The van der Waals surface area contributed by atoms with Crippen molar-refractivity contribution in [2.75, 3.05) is 45.7 Å². The topological polar surface area (TPSA) is 85.3 Å². The van der Waals surface area contributed by atoms with Crippen LogP contribution in [0, 0.1) is 5.92 Å². The van der Waals surface area contributed by atoms with Gasteiger partial charge in [-0.1, -0.05) is 26.2 Å². The molecule has 0 unspecified atom stereocenters. The minimum atomic E-state index is -0.318. The van der Waals surface area contributed by atoms with Crippen molar-refractivity contribution in [3.8, 4) is 5.75 Å². The fraction of sp³-hybridized carbons (Fsp3) is 0.680. The molecule has 8 nitrogen and oxygen atoms in total. The monoisotopic (exact) mass is 460 g/mol. The molecule has 1 fully saturated rings. The van der Waals surface area contributed by atoms with Crippen LogP contribution in [-0.4, -0.2) is 85.9 Å². The Labute approximate surface area is 197 Å². The minimum Gasteiger partial charge on any atom is -0.487 e. The lowest BCUT2D eigenvalue weighted by Gasteiger charge is -2.38. The number of hydrogen-bond donors (Lipinski definition) is 2. The number of carbonyl (C=O) groups is 2.